The van der Waals surface area contributed by atoms with Crippen LogP contribution >= 0.6 is 11.6 Å². The largest absolute Gasteiger partial charge is 0.506 e. The number of aryl methyl sites for hydroxylation is 2. The quantitative estimate of drug-likeness (QED) is 0.670. The molecule has 0 fully saturated rings. The van der Waals surface area contributed by atoms with Gasteiger partial charge in [0.1, 0.15) is 22.9 Å². The van der Waals surface area contributed by atoms with Gasteiger partial charge in [-0.2, -0.15) is 0 Å². The molecular formula is C19H20ClFN2O2. The summed E-state index contributed by atoms with van der Waals surface area (Å²) in [6, 6.07) is 5.80. The van der Waals surface area contributed by atoms with Gasteiger partial charge in [-0.05, 0) is 43.2 Å². The number of ketones is 1. The number of hydrogen-bond donors (Lipinski definition) is 1. The van der Waals surface area contributed by atoms with E-state index in [-0.39, 0.29) is 16.6 Å². The minimum absolute atomic E-state index is 0.0527. The highest BCUT2D eigenvalue weighted by Gasteiger charge is 2.21. The van der Waals surface area contributed by atoms with Crippen LogP contribution in [0.1, 0.15) is 48.1 Å². The van der Waals surface area contributed by atoms with Crippen molar-refractivity contribution in [3.63, 3.8) is 0 Å². The molecule has 2 aromatic heterocycles. The number of benzene rings is 1. The fourth-order valence-electron chi connectivity index (χ4n) is 2.56. The Hall–Kier alpha value is -2.40. The highest BCUT2D eigenvalue weighted by atomic mass is 35.5. The van der Waals surface area contributed by atoms with Crippen LogP contribution in [0.25, 0.3) is 5.65 Å². The van der Waals surface area contributed by atoms with Crippen molar-refractivity contribution in [3.05, 3.63) is 63.8 Å². The predicted molar refractivity (Wildman–Crippen MR) is 97.2 cm³/mol. The maximum Gasteiger partial charge on any atom is 0.211 e. The van der Waals surface area contributed by atoms with Gasteiger partial charge < -0.3 is 5.11 Å². The second kappa shape index (κ2) is 7.66. The molecule has 1 N–H and O–H groups in total. The smallest absolute Gasteiger partial charge is 0.211 e. The Kier molecular flexibility index (Phi) is 5.80. The van der Waals surface area contributed by atoms with E-state index < -0.39 is 5.82 Å². The number of phenolic OH excluding ortho intramolecular Hbond substituents is 1. The minimum Gasteiger partial charge on any atom is -0.506 e. The first kappa shape index (κ1) is 18.9. The third kappa shape index (κ3) is 3.51. The normalized spacial score (nSPS) is 10.5. The number of nitrogens with zero attached hydrogens (tertiary/aromatic N) is 2. The molecule has 0 amide bonds. The number of pyridine rings is 1. The van der Waals surface area contributed by atoms with Crippen LogP contribution in [-0.4, -0.2) is 20.3 Å². The van der Waals surface area contributed by atoms with Gasteiger partial charge in [-0.3, -0.25) is 9.20 Å². The summed E-state index contributed by atoms with van der Waals surface area (Å²) in [5, 5.41) is 9.84. The third-order valence-corrected chi connectivity index (χ3v) is 4.01. The van der Waals surface area contributed by atoms with Gasteiger partial charge in [-0.25, -0.2) is 9.37 Å². The number of halogens is 2. The average molecular weight is 363 g/mol. The number of phenols is 1. The molecule has 0 unspecified atom stereocenters. The Morgan fingerprint density at radius 1 is 1.32 bits per heavy atom. The van der Waals surface area contributed by atoms with Crippen molar-refractivity contribution in [2.75, 3.05) is 0 Å². The Labute approximate surface area is 150 Å². The third-order valence-electron chi connectivity index (χ3n) is 3.72. The number of aromatic hydroxyl groups is 1. The van der Waals surface area contributed by atoms with Crippen molar-refractivity contribution in [1.29, 1.82) is 0 Å². The first-order valence-electron chi connectivity index (χ1n) is 8.12. The van der Waals surface area contributed by atoms with Crippen LogP contribution in [0.3, 0.4) is 0 Å². The van der Waals surface area contributed by atoms with Crippen LogP contribution < -0.4 is 0 Å². The number of carbonyl (C=O) groups excluding carboxylic acids is 1. The van der Waals surface area contributed by atoms with Crippen molar-refractivity contribution in [2.45, 2.75) is 34.1 Å². The lowest BCUT2D eigenvalue weighted by Crippen LogP contribution is -2.09. The van der Waals surface area contributed by atoms with E-state index in [2.05, 4.69) is 4.98 Å². The van der Waals surface area contributed by atoms with Gasteiger partial charge in [-0.1, -0.05) is 32.4 Å². The lowest BCUT2D eigenvalue weighted by atomic mass is 10.0. The van der Waals surface area contributed by atoms with Gasteiger partial charge in [0.2, 0.25) is 5.78 Å². The molecule has 6 heteroatoms. The summed E-state index contributed by atoms with van der Waals surface area (Å²) in [7, 11) is 0. The Morgan fingerprint density at radius 3 is 2.60 bits per heavy atom. The van der Waals surface area contributed by atoms with Gasteiger partial charge in [0.05, 0.1) is 10.7 Å². The Morgan fingerprint density at radius 2 is 2.00 bits per heavy atom. The molecule has 0 aliphatic heterocycles. The average Bonchev–Trinajstić information content (AvgIpc) is 2.97. The van der Waals surface area contributed by atoms with E-state index >= 15 is 0 Å². The highest BCUT2D eigenvalue weighted by molar-refractivity contribution is 6.32. The van der Waals surface area contributed by atoms with Crippen molar-refractivity contribution in [2.24, 2.45) is 0 Å². The highest BCUT2D eigenvalue weighted by Crippen LogP contribution is 2.30. The molecule has 0 saturated carbocycles. The Balaban J connectivity index is 0.00000109. The zero-order chi connectivity index (χ0) is 18.7. The van der Waals surface area contributed by atoms with E-state index in [1.165, 1.54) is 28.8 Å². The molecule has 0 atom stereocenters. The van der Waals surface area contributed by atoms with Crippen LogP contribution in [0.5, 0.6) is 5.75 Å². The van der Waals surface area contributed by atoms with Gasteiger partial charge in [-0.15, -0.1) is 0 Å². The predicted octanol–water partition coefficient (Wildman–Crippen LogP) is 4.96. The standard InChI is InChI=1S/C17H14ClFN2O2.C2H6/c1-3-13-15(21-8-11(19)4-5-14(21)20-13)17(23)10-6-9(2)16(22)12(18)7-10;1-2/h4-8,22H,3H2,1-2H3;1-2H3. The van der Waals surface area contributed by atoms with Crippen LogP contribution in [0.15, 0.2) is 30.5 Å². The summed E-state index contributed by atoms with van der Waals surface area (Å²) in [4.78, 5) is 17.3. The monoisotopic (exact) mass is 362 g/mol. The summed E-state index contributed by atoms with van der Waals surface area (Å²) in [6.07, 6.45) is 1.78. The number of fused-ring (bicyclic) bond motifs is 1. The van der Waals surface area contributed by atoms with Crippen molar-refractivity contribution in [1.82, 2.24) is 9.38 Å². The molecule has 0 aliphatic rings. The second-order valence-corrected chi connectivity index (χ2v) is 5.70. The van der Waals surface area contributed by atoms with E-state index in [1.54, 1.807) is 13.0 Å². The van der Waals surface area contributed by atoms with Crippen LogP contribution in [-0.2, 0) is 6.42 Å². The maximum atomic E-state index is 13.6. The molecular weight excluding hydrogens is 343 g/mol. The van der Waals surface area contributed by atoms with E-state index in [1.807, 2.05) is 20.8 Å². The van der Waals surface area contributed by atoms with Crippen molar-refractivity contribution in [3.8, 4) is 5.75 Å². The van der Waals surface area contributed by atoms with Gasteiger partial charge in [0.25, 0.3) is 0 Å². The molecule has 0 spiro atoms. The zero-order valence-corrected chi connectivity index (χ0v) is 15.4. The number of rotatable bonds is 3. The molecule has 2 heterocycles. The van der Waals surface area contributed by atoms with E-state index in [0.29, 0.717) is 34.6 Å². The van der Waals surface area contributed by atoms with Crippen LogP contribution in [0, 0.1) is 12.7 Å². The molecule has 132 valence electrons. The zero-order valence-electron chi connectivity index (χ0n) is 14.6. The van der Waals surface area contributed by atoms with E-state index in [9.17, 15) is 14.3 Å². The topological polar surface area (TPSA) is 54.6 Å². The van der Waals surface area contributed by atoms with Crippen molar-refractivity contribution < 1.29 is 14.3 Å². The molecule has 1 aromatic carbocycles. The first-order valence-corrected chi connectivity index (χ1v) is 8.50. The fraction of sp³-hybridized carbons (Fsp3) is 0.263. The SMILES string of the molecule is CC.CCc1nc2ccc(F)cn2c1C(=O)c1cc(C)c(O)c(Cl)c1. The molecule has 3 aromatic rings. The molecule has 0 saturated heterocycles. The van der Waals surface area contributed by atoms with E-state index in [4.69, 9.17) is 11.6 Å². The maximum absolute atomic E-state index is 13.6. The van der Waals surface area contributed by atoms with Crippen LogP contribution in [0.2, 0.25) is 5.02 Å². The van der Waals surface area contributed by atoms with Gasteiger partial charge in [0, 0.05) is 11.8 Å². The lowest BCUT2D eigenvalue weighted by Gasteiger charge is -2.07. The summed E-state index contributed by atoms with van der Waals surface area (Å²) in [5.41, 5.74) is 2.23. The summed E-state index contributed by atoms with van der Waals surface area (Å²) in [5.74, 6) is -0.820. The Bertz CT molecular complexity index is 912. The minimum atomic E-state index is -0.452. The second-order valence-electron chi connectivity index (χ2n) is 5.29. The number of carbonyl (C=O) groups is 1. The van der Waals surface area contributed by atoms with Crippen LogP contribution in [0.4, 0.5) is 4.39 Å². The molecule has 0 aliphatic carbocycles. The fourth-order valence-corrected chi connectivity index (χ4v) is 2.83. The van der Waals surface area contributed by atoms with E-state index in [0.717, 1.165) is 0 Å². The molecule has 0 radical (unpaired) electrons. The number of aromatic nitrogens is 2. The number of imidazole rings is 1. The molecule has 25 heavy (non-hydrogen) atoms. The van der Waals surface area contributed by atoms with Crippen molar-refractivity contribution >= 4 is 23.0 Å². The summed E-state index contributed by atoms with van der Waals surface area (Å²) >= 11 is 5.96. The lowest BCUT2D eigenvalue weighted by molar-refractivity contribution is 0.103. The molecule has 0 bridgehead atoms. The summed E-state index contributed by atoms with van der Waals surface area (Å²) in [6.45, 7) is 7.54. The van der Waals surface area contributed by atoms with Gasteiger partial charge >= 0.3 is 0 Å². The summed E-state index contributed by atoms with van der Waals surface area (Å²) < 4.78 is 15.0. The van der Waals surface area contributed by atoms with Gasteiger partial charge in [0.15, 0.2) is 0 Å². The first-order chi connectivity index (χ1) is 11.9. The molecule has 3 rings (SSSR count). The molecule has 4 nitrogen and oxygen atoms in total. The number of hydrogen-bond acceptors (Lipinski definition) is 3.